The average Bonchev–Trinajstić information content (AvgIpc) is 1.69. The SMILES string of the molecule is Oc1ccccc1.[Na].[Na].[Na]. The average molecular weight is 163 g/mol. The van der Waals surface area contributed by atoms with Gasteiger partial charge in [0.2, 0.25) is 0 Å². The van der Waals surface area contributed by atoms with Crippen LogP contribution >= 0.6 is 0 Å². The van der Waals surface area contributed by atoms with Crippen molar-refractivity contribution in [1.82, 2.24) is 0 Å². The molecular weight excluding hydrogens is 157 g/mol. The van der Waals surface area contributed by atoms with Crippen LogP contribution in [-0.4, -0.2) is 93.8 Å². The number of rotatable bonds is 0. The second kappa shape index (κ2) is 11.0. The summed E-state index contributed by atoms with van der Waals surface area (Å²) in [5, 5.41) is 8.63. The summed E-state index contributed by atoms with van der Waals surface area (Å²) in [6, 6.07) is 8.71. The molecule has 0 amide bonds. The van der Waals surface area contributed by atoms with E-state index in [0.717, 1.165) is 0 Å². The Morgan fingerprint density at radius 3 is 1.40 bits per heavy atom. The van der Waals surface area contributed by atoms with Crippen molar-refractivity contribution >= 4 is 88.7 Å². The second-order valence-electron chi connectivity index (χ2n) is 1.34. The van der Waals surface area contributed by atoms with Gasteiger partial charge in [-0.1, -0.05) is 18.2 Å². The second-order valence-corrected chi connectivity index (χ2v) is 1.34. The number of benzene rings is 1. The maximum absolute atomic E-state index is 8.63. The Morgan fingerprint density at radius 2 is 1.20 bits per heavy atom. The van der Waals surface area contributed by atoms with Crippen molar-refractivity contribution in [2.75, 3.05) is 0 Å². The fourth-order valence-corrected chi connectivity index (χ4v) is 0.428. The summed E-state index contributed by atoms with van der Waals surface area (Å²) >= 11 is 0. The van der Waals surface area contributed by atoms with Crippen LogP contribution in [-0.2, 0) is 0 Å². The molecule has 10 heavy (non-hydrogen) atoms. The first-order chi connectivity index (χ1) is 3.39. The molecule has 0 aliphatic heterocycles. The Bertz CT molecular complexity index is 143. The third-order valence-corrected chi connectivity index (χ3v) is 0.756. The van der Waals surface area contributed by atoms with E-state index in [-0.39, 0.29) is 88.7 Å². The van der Waals surface area contributed by atoms with Crippen LogP contribution in [0.15, 0.2) is 30.3 Å². The third kappa shape index (κ3) is 8.12. The van der Waals surface area contributed by atoms with Gasteiger partial charge in [-0.05, 0) is 12.1 Å². The Hall–Kier alpha value is 2.02. The van der Waals surface area contributed by atoms with Crippen LogP contribution in [0.1, 0.15) is 0 Å². The summed E-state index contributed by atoms with van der Waals surface area (Å²) < 4.78 is 0. The number of hydrogen-bond donors (Lipinski definition) is 1. The molecule has 0 saturated carbocycles. The Morgan fingerprint density at radius 1 is 0.800 bits per heavy atom. The Balaban J connectivity index is -0.000000163. The molecule has 0 atom stereocenters. The van der Waals surface area contributed by atoms with Gasteiger partial charge in [0.15, 0.2) is 0 Å². The van der Waals surface area contributed by atoms with E-state index in [1.807, 2.05) is 6.07 Å². The van der Waals surface area contributed by atoms with Crippen molar-refractivity contribution in [2.45, 2.75) is 0 Å². The van der Waals surface area contributed by atoms with Crippen molar-refractivity contribution in [1.29, 1.82) is 0 Å². The largest absolute Gasteiger partial charge is 0.508 e. The van der Waals surface area contributed by atoms with Gasteiger partial charge >= 0.3 is 0 Å². The smallest absolute Gasteiger partial charge is 0.115 e. The maximum atomic E-state index is 8.63. The third-order valence-electron chi connectivity index (χ3n) is 0.756. The van der Waals surface area contributed by atoms with Crippen molar-refractivity contribution < 1.29 is 5.11 Å². The van der Waals surface area contributed by atoms with Crippen LogP contribution in [0.25, 0.3) is 0 Å². The summed E-state index contributed by atoms with van der Waals surface area (Å²) in [4.78, 5) is 0. The standard InChI is InChI=1S/C6H6O.3Na/c7-6-4-2-1-3-5-6;;;/h1-5,7H;;;. The first-order valence-electron chi connectivity index (χ1n) is 2.13. The molecule has 1 aromatic rings. The quantitative estimate of drug-likeness (QED) is 0.543. The molecular formula is C6H6Na3O. The summed E-state index contributed by atoms with van der Waals surface area (Å²) in [6.07, 6.45) is 0. The molecule has 39 valence electrons. The van der Waals surface area contributed by atoms with Crippen LogP contribution < -0.4 is 0 Å². The number of aromatic hydroxyl groups is 1. The zero-order valence-corrected chi connectivity index (χ0v) is 12.8. The molecule has 0 fully saturated rings. The van der Waals surface area contributed by atoms with E-state index in [9.17, 15) is 0 Å². The minimum absolute atomic E-state index is 0. The van der Waals surface area contributed by atoms with Gasteiger partial charge in [0.1, 0.15) is 5.75 Å². The predicted octanol–water partition coefficient (Wildman–Crippen LogP) is 0.250. The Kier molecular flexibility index (Phi) is 19.8. The molecule has 1 N–H and O–H groups in total. The molecule has 0 saturated heterocycles. The van der Waals surface area contributed by atoms with Crippen LogP contribution in [0.5, 0.6) is 5.75 Å². The summed E-state index contributed by atoms with van der Waals surface area (Å²) in [6.45, 7) is 0. The molecule has 0 aliphatic carbocycles. The number of hydrogen-bond acceptors (Lipinski definition) is 1. The summed E-state index contributed by atoms with van der Waals surface area (Å²) in [5.41, 5.74) is 0. The maximum Gasteiger partial charge on any atom is 0.115 e. The van der Waals surface area contributed by atoms with Crippen molar-refractivity contribution in [3.63, 3.8) is 0 Å². The number of phenols is 1. The normalized spacial score (nSPS) is 6.00. The van der Waals surface area contributed by atoms with Gasteiger partial charge in [0.25, 0.3) is 0 Å². The van der Waals surface area contributed by atoms with Gasteiger partial charge in [-0.25, -0.2) is 0 Å². The first kappa shape index (κ1) is 17.9. The Labute approximate surface area is 127 Å². The molecule has 0 bridgehead atoms. The van der Waals surface area contributed by atoms with Gasteiger partial charge in [-0.15, -0.1) is 0 Å². The van der Waals surface area contributed by atoms with E-state index >= 15 is 0 Å². The van der Waals surface area contributed by atoms with Crippen LogP contribution in [0.2, 0.25) is 0 Å². The van der Waals surface area contributed by atoms with Crippen LogP contribution in [0.4, 0.5) is 0 Å². The summed E-state index contributed by atoms with van der Waals surface area (Å²) in [7, 11) is 0. The molecule has 0 aliphatic rings. The van der Waals surface area contributed by atoms with E-state index in [1.54, 1.807) is 24.3 Å². The number of phenolic OH excluding ortho intramolecular Hbond substituents is 1. The number of para-hydroxylation sites is 1. The van der Waals surface area contributed by atoms with Gasteiger partial charge in [0, 0.05) is 88.7 Å². The molecule has 1 rings (SSSR count). The van der Waals surface area contributed by atoms with E-state index in [2.05, 4.69) is 0 Å². The topological polar surface area (TPSA) is 20.2 Å². The molecule has 0 unspecified atom stereocenters. The molecule has 4 heteroatoms. The van der Waals surface area contributed by atoms with Gasteiger partial charge in [0.05, 0.1) is 0 Å². The van der Waals surface area contributed by atoms with E-state index < -0.39 is 0 Å². The van der Waals surface area contributed by atoms with E-state index in [0.29, 0.717) is 5.75 Å². The molecule has 1 nitrogen and oxygen atoms in total. The molecule has 3 radical (unpaired) electrons. The minimum Gasteiger partial charge on any atom is -0.508 e. The fourth-order valence-electron chi connectivity index (χ4n) is 0.428. The van der Waals surface area contributed by atoms with Crippen molar-refractivity contribution in [3.8, 4) is 5.75 Å². The van der Waals surface area contributed by atoms with Crippen molar-refractivity contribution in [3.05, 3.63) is 30.3 Å². The monoisotopic (exact) mass is 163 g/mol. The molecule has 0 heterocycles. The van der Waals surface area contributed by atoms with Crippen molar-refractivity contribution in [2.24, 2.45) is 0 Å². The zero-order chi connectivity index (χ0) is 5.11. The zero-order valence-electron chi connectivity index (χ0n) is 6.83. The van der Waals surface area contributed by atoms with E-state index in [1.165, 1.54) is 0 Å². The summed E-state index contributed by atoms with van der Waals surface area (Å²) in [5.74, 6) is 0.322. The van der Waals surface area contributed by atoms with E-state index in [4.69, 9.17) is 5.11 Å². The molecule has 0 aromatic heterocycles. The minimum atomic E-state index is 0. The van der Waals surface area contributed by atoms with Crippen LogP contribution in [0, 0.1) is 0 Å². The predicted molar refractivity (Wildman–Crippen MR) is 45.4 cm³/mol. The molecule has 0 spiro atoms. The van der Waals surface area contributed by atoms with Gasteiger partial charge < -0.3 is 5.11 Å². The first-order valence-corrected chi connectivity index (χ1v) is 2.13. The van der Waals surface area contributed by atoms with Crippen LogP contribution in [0.3, 0.4) is 0 Å². The molecule has 1 aromatic carbocycles. The fraction of sp³-hybridized carbons (Fsp3) is 0. The van der Waals surface area contributed by atoms with Gasteiger partial charge in [-0.3, -0.25) is 0 Å². The van der Waals surface area contributed by atoms with Gasteiger partial charge in [-0.2, -0.15) is 0 Å².